The Morgan fingerprint density at radius 3 is 2.59 bits per heavy atom. The zero-order chi connectivity index (χ0) is 12.9. The van der Waals surface area contributed by atoms with Gasteiger partial charge in [-0.3, -0.25) is 0 Å². The van der Waals surface area contributed by atoms with Crippen molar-refractivity contribution in [2.75, 3.05) is 6.61 Å². The van der Waals surface area contributed by atoms with Gasteiger partial charge in [0, 0.05) is 12.6 Å². The molecule has 3 atom stereocenters. The van der Waals surface area contributed by atoms with Crippen molar-refractivity contribution in [2.24, 2.45) is 17.1 Å². The Morgan fingerprint density at radius 2 is 2.00 bits per heavy atom. The lowest BCUT2D eigenvalue weighted by Crippen LogP contribution is -2.32. The summed E-state index contributed by atoms with van der Waals surface area (Å²) in [5.41, 5.74) is 6.20. The molecule has 102 valence electrons. The van der Waals surface area contributed by atoms with Gasteiger partial charge in [0.05, 0.1) is 6.10 Å². The predicted molar refractivity (Wildman–Crippen MR) is 74.0 cm³/mol. The topological polar surface area (TPSA) is 35.2 Å². The van der Waals surface area contributed by atoms with Crippen LogP contribution in [0.15, 0.2) is 0 Å². The van der Waals surface area contributed by atoms with Crippen LogP contribution in [0, 0.1) is 11.3 Å². The molecule has 17 heavy (non-hydrogen) atoms. The Labute approximate surface area is 107 Å². The van der Waals surface area contributed by atoms with E-state index in [4.69, 9.17) is 10.5 Å². The molecule has 0 aromatic heterocycles. The van der Waals surface area contributed by atoms with Crippen molar-refractivity contribution < 1.29 is 4.74 Å². The fraction of sp³-hybridized carbons (Fsp3) is 1.00. The van der Waals surface area contributed by atoms with E-state index in [1.165, 1.54) is 25.7 Å². The van der Waals surface area contributed by atoms with Crippen molar-refractivity contribution in [3.05, 3.63) is 0 Å². The van der Waals surface area contributed by atoms with Crippen LogP contribution in [0.2, 0.25) is 0 Å². The predicted octanol–water partition coefficient (Wildman–Crippen LogP) is 3.74. The lowest BCUT2D eigenvalue weighted by Gasteiger charge is -2.38. The number of hydrogen-bond acceptors (Lipinski definition) is 2. The van der Waals surface area contributed by atoms with Gasteiger partial charge in [-0.1, -0.05) is 20.8 Å². The summed E-state index contributed by atoms with van der Waals surface area (Å²) in [7, 11) is 0. The third-order valence-corrected chi connectivity index (χ3v) is 3.75. The average molecular weight is 241 g/mol. The number of hydrogen-bond donors (Lipinski definition) is 1. The van der Waals surface area contributed by atoms with Crippen LogP contribution in [0.3, 0.4) is 0 Å². The lowest BCUT2D eigenvalue weighted by molar-refractivity contribution is -0.0240. The summed E-state index contributed by atoms with van der Waals surface area (Å²) in [6.45, 7) is 10.1. The molecule has 2 heteroatoms. The molecule has 2 nitrogen and oxygen atoms in total. The molecule has 0 aliphatic heterocycles. The SMILES string of the molecule is CC(N)CCCCOC1CC(C)CC(C)(C)C1. The van der Waals surface area contributed by atoms with Crippen molar-refractivity contribution in [2.45, 2.75) is 78.4 Å². The van der Waals surface area contributed by atoms with E-state index in [-0.39, 0.29) is 0 Å². The smallest absolute Gasteiger partial charge is 0.0582 e. The van der Waals surface area contributed by atoms with Gasteiger partial charge in [-0.25, -0.2) is 0 Å². The Balaban J connectivity index is 2.14. The van der Waals surface area contributed by atoms with E-state index in [1.54, 1.807) is 0 Å². The van der Waals surface area contributed by atoms with Crippen LogP contribution in [0.1, 0.15) is 66.2 Å². The van der Waals surface area contributed by atoms with Gasteiger partial charge in [0.15, 0.2) is 0 Å². The van der Waals surface area contributed by atoms with Crippen molar-refractivity contribution in [3.8, 4) is 0 Å². The molecule has 0 aromatic rings. The highest BCUT2D eigenvalue weighted by Crippen LogP contribution is 2.39. The Hall–Kier alpha value is -0.0800. The summed E-state index contributed by atoms with van der Waals surface area (Å²) >= 11 is 0. The molecule has 1 aliphatic carbocycles. The molecule has 0 spiro atoms. The summed E-state index contributed by atoms with van der Waals surface area (Å²) < 4.78 is 6.03. The molecule has 1 saturated carbocycles. The third-order valence-electron chi connectivity index (χ3n) is 3.75. The van der Waals surface area contributed by atoms with Crippen LogP contribution >= 0.6 is 0 Å². The summed E-state index contributed by atoms with van der Waals surface area (Å²) in [6, 6.07) is 0.337. The molecule has 3 unspecified atom stereocenters. The largest absolute Gasteiger partial charge is 0.378 e. The maximum absolute atomic E-state index is 6.03. The minimum Gasteiger partial charge on any atom is -0.378 e. The highest BCUT2D eigenvalue weighted by molar-refractivity contribution is 4.83. The molecule has 0 heterocycles. The van der Waals surface area contributed by atoms with Crippen LogP contribution < -0.4 is 5.73 Å². The minimum absolute atomic E-state index is 0.337. The second-order valence-electron chi connectivity index (χ2n) is 6.88. The molecule has 1 fully saturated rings. The molecular formula is C15H31NO. The van der Waals surface area contributed by atoms with Crippen molar-refractivity contribution in [1.82, 2.24) is 0 Å². The van der Waals surface area contributed by atoms with Gasteiger partial charge in [-0.2, -0.15) is 0 Å². The fourth-order valence-corrected chi connectivity index (χ4v) is 3.20. The third kappa shape index (κ3) is 6.42. The van der Waals surface area contributed by atoms with E-state index in [1.807, 2.05) is 0 Å². The molecular weight excluding hydrogens is 210 g/mol. The number of rotatable bonds is 6. The maximum Gasteiger partial charge on any atom is 0.0582 e. The first-order valence-corrected chi connectivity index (χ1v) is 7.26. The normalized spacial score (nSPS) is 30.2. The van der Waals surface area contributed by atoms with Gasteiger partial charge >= 0.3 is 0 Å². The average Bonchev–Trinajstić information content (AvgIpc) is 2.13. The van der Waals surface area contributed by atoms with Crippen molar-refractivity contribution >= 4 is 0 Å². The van der Waals surface area contributed by atoms with Crippen LogP contribution in [0.5, 0.6) is 0 Å². The molecule has 0 aromatic carbocycles. The Morgan fingerprint density at radius 1 is 1.29 bits per heavy atom. The zero-order valence-corrected chi connectivity index (χ0v) is 12.2. The zero-order valence-electron chi connectivity index (χ0n) is 12.2. The Kier molecular flexibility index (Phi) is 5.94. The summed E-state index contributed by atoms with van der Waals surface area (Å²) in [5.74, 6) is 0.813. The van der Waals surface area contributed by atoms with Crippen molar-refractivity contribution in [1.29, 1.82) is 0 Å². The number of unbranched alkanes of at least 4 members (excludes halogenated alkanes) is 1. The minimum atomic E-state index is 0.337. The van der Waals surface area contributed by atoms with Gasteiger partial charge in [0.25, 0.3) is 0 Å². The van der Waals surface area contributed by atoms with Gasteiger partial charge in [-0.05, 0) is 56.8 Å². The molecule has 0 amide bonds. The van der Waals surface area contributed by atoms with E-state index < -0.39 is 0 Å². The summed E-state index contributed by atoms with van der Waals surface area (Å²) in [5, 5.41) is 0. The summed E-state index contributed by atoms with van der Waals surface area (Å²) in [4.78, 5) is 0. The van der Waals surface area contributed by atoms with E-state index in [2.05, 4.69) is 27.7 Å². The van der Waals surface area contributed by atoms with Crippen LogP contribution in [0.25, 0.3) is 0 Å². The first kappa shape index (κ1) is 15.0. The number of nitrogens with two attached hydrogens (primary N) is 1. The van der Waals surface area contributed by atoms with Crippen molar-refractivity contribution in [3.63, 3.8) is 0 Å². The van der Waals surface area contributed by atoms with E-state index in [0.717, 1.165) is 25.4 Å². The van der Waals surface area contributed by atoms with Crippen LogP contribution in [0.4, 0.5) is 0 Å². The van der Waals surface area contributed by atoms with E-state index in [9.17, 15) is 0 Å². The van der Waals surface area contributed by atoms with E-state index >= 15 is 0 Å². The quantitative estimate of drug-likeness (QED) is 0.719. The van der Waals surface area contributed by atoms with Gasteiger partial charge in [0.2, 0.25) is 0 Å². The lowest BCUT2D eigenvalue weighted by atomic mass is 9.71. The van der Waals surface area contributed by atoms with Gasteiger partial charge in [0.1, 0.15) is 0 Å². The van der Waals surface area contributed by atoms with E-state index in [0.29, 0.717) is 17.6 Å². The monoisotopic (exact) mass is 241 g/mol. The highest BCUT2D eigenvalue weighted by atomic mass is 16.5. The van der Waals surface area contributed by atoms with Gasteiger partial charge < -0.3 is 10.5 Å². The Bertz CT molecular complexity index is 213. The van der Waals surface area contributed by atoms with Gasteiger partial charge in [-0.15, -0.1) is 0 Å². The fourth-order valence-electron chi connectivity index (χ4n) is 3.20. The molecule has 1 rings (SSSR count). The van der Waals surface area contributed by atoms with Crippen LogP contribution in [-0.4, -0.2) is 18.8 Å². The summed E-state index contributed by atoms with van der Waals surface area (Å²) in [6.07, 6.45) is 7.79. The second kappa shape index (κ2) is 6.75. The molecule has 2 N–H and O–H groups in total. The first-order chi connectivity index (χ1) is 7.89. The molecule has 0 saturated heterocycles. The molecule has 0 radical (unpaired) electrons. The standard InChI is InChI=1S/C15H31NO/c1-12-9-14(11-15(3,4)10-12)17-8-6-5-7-13(2)16/h12-14H,5-11,16H2,1-4H3. The number of ether oxygens (including phenoxy) is 1. The molecule has 0 bridgehead atoms. The first-order valence-electron chi connectivity index (χ1n) is 7.26. The highest BCUT2D eigenvalue weighted by Gasteiger charge is 2.32. The second-order valence-corrected chi connectivity index (χ2v) is 6.88. The maximum atomic E-state index is 6.03. The van der Waals surface area contributed by atoms with Crippen LogP contribution in [-0.2, 0) is 4.74 Å². The molecule has 1 aliphatic rings.